The van der Waals surface area contributed by atoms with Crippen LogP contribution >= 0.6 is 11.6 Å². The fourth-order valence-electron chi connectivity index (χ4n) is 3.33. The number of aromatic nitrogens is 2. The van der Waals surface area contributed by atoms with Crippen molar-refractivity contribution in [1.82, 2.24) is 14.9 Å². The summed E-state index contributed by atoms with van der Waals surface area (Å²) in [6, 6.07) is 10.9. The SMILES string of the molecule is CC1CC1c1ccc(/C=C/C(=O)NC(c2ccc(Cl)cc2)c2nccn2C)o1. The van der Waals surface area contributed by atoms with Crippen LogP contribution in [0.5, 0.6) is 0 Å². The van der Waals surface area contributed by atoms with Gasteiger partial charge in [0.25, 0.3) is 0 Å². The third-order valence-corrected chi connectivity index (χ3v) is 5.38. The maximum Gasteiger partial charge on any atom is 0.244 e. The number of benzene rings is 1. The van der Waals surface area contributed by atoms with Gasteiger partial charge in [0.05, 0.1) is 0 Å². The minimum absolute atomic E-state index is 0.222. The van der Waals surface area contributed by atoms with Crippen LogP contribution in [0.25, 0.3) is 6.08 Å². The van der Waals surface area contributed by atoms with Gasteiger partial charge in [0.15, 0.2) is 0 Å². The molecular formula is C22H22ClN3O2. The molecule has 1 aliphatic rings. The maximum absolute atomic E-state index is 12.6. The molecule has 2 heterocycles. The van der Waals surface area contributed by atoms with Gasteiger partial charge in [-0.05, 0) is 48.2 Å². The van der Waals surface area contributed by atoms with Crippen LogP contribution in [0.15, 0.2) is 59.3 Å². The summed E-state index contributed by atoms with van der Waals surface area (Å²) >= 11 is 6.00. The summed E-state index contributed by atoms with van der Waals surface area (Å²) < 4.78 is 7.71. The Morgan fingerprint density at radius 1 is 1.32 bits per heavy atom. The number of halogens is 1. The highest BCUT2D eigenvalue weighted by Crippen LogP contribution is 2.47. The van der Waals surface area contributed by atoms with E-state index >= 15 is 0 Å². The standard InChI is InChI=1S/C22H22ClN3O2/c1-14-13-18(14)19-9-7-17(28-19)8-10-20(27)25-21(22-24-11-12-26(22)2)15-3-5-16(23)6-4-15/h3-12,14,18,21H,13H2,1-2H3,(H,25,27)/b10-8+. The molecule has 1 N–H and O–H groups in total. The number of carbonyl (C=O) groups is 1. The molecule has 0 spiro atoms. The van der Waals surface area contributed by atoms with E-state index in [1.807, 2.05) is 42.1 Å². The first kappa shape index (κ1) is 18.6. The van der Waals surface area contributed by atoms with Crippen molar-refractivity contribution in [3.8, 4) is 0 Å². The van der Waals surface area contributed by atoms with E-state index in [9.17, 15) is 4.79 Å². The van der Waals surface area contributed by atoms with E-state index in [1.165, 1.54) is 12.5 Å². The first-order valence-electron chi connectivity index (χ1n) is 9.32. The lowest BCUT2D eigenvalue weighted by molar-refractivity contribution is -0.117. The van der Waals surface area contributed by atoms with Crippen molar-refractivity contribution < 1.29 is 9.21 Å². The van der Waals surface area contributed by atoms with Gasteiger partial charge >= 0.3 is 0 Å². The number of hydrogen-bond donors (Lipinski definition) is 1. The molecule has 1 aromatic carbocycles. The molecule has 1 saturated carbocycles. The summed E-state index contributed by atoms with van der Waals surface area (Å²) in [5, 5.41) is 3.67. The lowest BCUT2D eigenvalue weighted by Crippen LogP contribution is -2.29. The molecule has 1 fully saturated rings. The summed E-state index contributed by atoms with van der Waals surface area (Å²) in [5.74, 6) is 3.41. The summed E-state index contributed by atoms with van der Waals surface area (Å²) in [4.78, 5) is 17.0. The Morgan fingerprint density at radius 3 is 2.71 bits per heavy atom. The zero-order chi connectivity index (χ0) is 19.7. The highest BCUT2D eigenvalue weighted by molar-refractivity contribution is 6.30. The molecule has 0 aliphatic heterocycles. The average molecular weight is 396 g/mol. The van der Waals surface area contributed by atoms with E-state index in [1.54, 1.807) is 24.4 Å². The van der Waals surface area contributed by atoms with Crippen LogP contribution in [0.2, 0.25) is 5.02 Å². The van der Waals surface area contributed by atoms with Gasteiger partial charge in [-0.2, -0.15) is 0 Å². The Kier molecular flexibility index (Phi) is 5.09. The van der Waals surface area contributed by atoms with E-state index in [2.05, 4.69) is 17.2 Å². The normalized spacial score (nSPS) is 19.7. The predicted octanol–water partition coefficient (Wildman–Crippen LogP) is 4.71. The molecular weight excluding hydrogens is 374 g/mol. The molecule has 2 aromatic heterocycles. The van der Waals surface area contributed by atoms with Gasteiger partial charge in [-0.1, -0.05) is 30.7 Å². The number of furan rings is 1. The maximum atomic E-state index is 12.6. The van der Waals surface area contributed by atoms with Gasteiger partial charge in [0.1, 0.15) is 23.4 Å². The Hall–Kier alpha value is -2.79. The van der Waals surface area contributed by atoms with E-state index in [0.29, 0.717) is 22.6 Å². The molecule has 4 rings (SSSR count). The van der Waals surface area contributed by atoms with E-state index < -0.39 is 0 Å². The minimum Gasteiger partial charge on any atom is -0.461 e. The van der Waals surface area contributed by atoms with E-state index in [-0.39, 0.29) is 11.9 Å². The quantitative estimate of drug-likeness (QED) is 0.615. The molecule has 144 valence electrons. The first-order chi connectivity index (χ1) is 13.5. The molecule has 0 saturated heterocycles. The van der Waals surface area contributed by atoms with Crippen molar-refractivity contribution in [3.63, 3.8) is 0 Å². The number of hydrogen-bond acceptors (Lipinski definition) is 3. The number of carbonyl (C=O) groups excluding carboxylic acids is 1. The van der Waals surface area contributed by atoms with E-state index in [4.69, 9.17) is 16.0 Å². The van der Waals surface area contributed by atoms with Gasteiger partial charge in [0.2, 0.25) is 5.91 Å². The smallest absolute Gasteiger partial charge is 0.244 e. The molecule has 1 amide bonds. The number of rotatable bonds is 6. The van der Waals surface area contributed by atoms with Gasteiger partial charge in [-0.3, -0.25) is 4.79 Å². The zero-order valence-corrected chi connectivity index (χ0v) is 16.6. The highest BCUT2D eigenvalue weighted by atomic mass is 35.5. The molecule has 5 nitrogen and oxygen atoms in total. The Balaban J connectivity index is 1.50. The molecule has 3 atom stereocenters. The summed E-state index contributed by atoms with van der Waals surface area (Å²) in [5.41, 5.74) is 0.906. The van der Waals surface area contributed by atoms with Crippen LogP contribution in [0, 0.1) is 5.92 Å². The van der Waals surface area contributed by atoms with Gasteiger partial charge in [-0.15, -0.1) is 0 Å². The van der Waals surface area contributed by atoms with Crippen LogP contribution < -0.4 is 5.32 Å². The largest absolute Gasteiger partial charge is 0.461 e. The molecule has 1 aliphatic carbocycles. The summed E-state index contributed by atoms with van der Waals surface area (Å²) in [6.07, 6.45) is 7.92. The van der Waals surface area contributed by atoms with Crippen LogP contribution in [-0.2, 0) is 11.8 Å². The van der Waals surface area contributed by atoms with Crippen LogP contribution in [-0.4, -0.2) is 15.5 Å². The van der Waals surface area contributed by atoms with Crippen LogP contribution in [0.4, 0.5) is 0 Å². The van der Waals surface area contributed by atoms with E-state index in [0.717, 1.165) is 17.1 Å². The predicted molar refractivity (Wildman–Crippen MR) is 109 cm³/mol. The summed E-state index contributed by atoms with van der Waals surface area (Å²) in [7, 11) is 1.90. The molecule has 3 unspecified atom stereocenters. The Labute approximate surface area is 169 Å². The zero-order valence-electron chi connectivity index (χ0n) is 15.8. The topological polar surface area (TPSA) is 60.1 Å². The van der Waals surface area contributed by atoms with Crippen molar-refractivity contribution in [2.75, 3.05) is 0 Å². The van der Waals surface area contributed by atoms with Crippen molar-refractivity contribution >= 4 is 23.6 Å². The molecule has 0 radical (unpaired) electrons. The van der Waals surface area contributed by atoms with Crippen molar-refractivity contribution in [2.24, 2.45) is 13.0 Å². The monoisotopic (exact) mass is 395 g/mol. The number of nitrogens with zero attached hydrogens (tertiary/aromatic N) is 2. The Bertz CT molecular complexity index is 1000. The highest BCUT2D eigenvalue weighted by Gasteiger charge is 2.36. The van der Waals surface area contributed by atoms with Crippen molar-refractivity contribution in [3.05, 3.63) is 82.8 Å². The van der Waals surface area contributed by atoms with Gasteiger partial charge < -0.3 is 14.3 Å². The lowest BCUT2D eigenvalue weighted by atomic mass is 10.1. The molecule has 0 bridgehead atoms. The lowest BCUT2D eigenvalue weighted by Gasteiger charge is -2.18. The summed E-state index contributed by atoms with van der Waals surface area (Å²) in [6.45, 7) is 2.21. The Morgan fingerprint density at radius 2 is 2.07 bits per heavy atom. The first-order valence-corrected chi connectivity index (χ1v) is 9.70. The second-order valence-corrected chi connectivity index (χ2v) is 7.72. The van der Waals surface area contributed by atoms with Crippen molar-refractivity contribution in [2.45, 2.75) is 25.3 Å². The second-order valence-electron chi connectivity index (χ2n) is 7.28. The van der Waals surface area contributed by atoms with Gasteiger partial charge in [0, 0.05) is 36.5 Å². The number of nitrogens with one attached hydrogen (secondary N) is 1. The fourth-order valence-corrected chi connectivity index (χ4v) is 3.46. The molecule has 28 heavy (non-hydrogen) atoms. The number of imidazole rings is 1. The molecule has 3 aromatic rings. The average Bonchev–Trinajstić information content (AvgIpc) is 3.07. The second kappa shape index (κ2) is 7.68. The van der Waals surface area contributed by atoms with Crippen LogP contribution in [0.1, 0.15) is 48.2 Å². The fraction of sp³-hybridized carbons (Fsp3) is 0.273. The minimum atomic E-state index is -0.381. The number of amides is 1. The van der Waals surface area contributed by atoms with Crippen molar-refractivity contribution in [1.29, 1.82) is 0 Å². The third kappa shape index (κ3) is 4.04. The third-order valence-electron chi connectivity index (χ3n) is 5.13. The molecule has 6 heteroatoms. The van der Waals surface area contributed by atoms with Gasteiger partial charge in [-0.25, -0.2) is 4.98 Å². The number of aryl methyl sites for hydroxylation is 1. The van der Waals surface area contributed by atoms with Crippen LogP contribution in [0.3, 0.4) is 0 Å².